The molecule has 2 aromatic rings. The third-order valence-electron chi connectivity index (χ3n) is 4.14. The Hall–Kier alpha value is -2.56. The molecule has 128 valence electrons. The summed E-state index contributed by atoms with van der Waals surface area (Å²) in [6, 6.07) is 9.51. The van der Waals surface area contributed by atoms with E-state index in [9.17, 15) is 9.59 Å². The second kappa shape index (κ2) is 7.81. The Morgan fingerprint density at radius 2 is 1.83 bits per heavy atom. The predicted octanol–water partition coefficient (Wildman–Crippen LogP) is 2.95. The van der Waals surface area contributed by atoms with Crippen molar-refractivity contribution < 1.29 is 4.79 Å². The van der Waals surface area contributed by atoms with E-state index >= 15 is 0 Å². The van der Waals surface area contributed by atoms with E-state index < -0.39 is 0 Å². The summed E-state index contributed by atoms with van der Waals surface area (Å²) in [4.78, 5) is 26.5. The molecule has 0 aliphatic carbocycles. The first-order chi connectivity index (χ1) is 11.5. The molecule has 1 aromatic carbocycles. The van der Waals surface area contributed by atoms with Gasteiger partial charge in [-0.25, -0.2) is 0 Å². The summed E-state index contributed by atoms with van der Waals surface area (Å²) >= 11 is 0. The highest BCUT2D eigenvalue weighted by Gasteiger charge is 2.09. The maximum Gasteiger partial charge on any atom is 0.253 e. The van der Waals surface area contributed by atoms with Gasteiger partial charge in [0.25, 0.3) is 5.56 Å². The standard InChI is InChI=1S/C19H25N3O2/c1-5-21(6-2)16-9-10-17(15(4)12-16)20-18(23)13-22-11-7-8-14(3)19(22)24/h7-12H,5-6,13H2,1-4H3,(H,20,23). The fraction of sp³-hybridized carbons (Fsp3) is 0.368. The van der Waals surface area contributed by atoms with Crippen molar-refractivity contribution in [3.8, 4) is 0 Å². The lowest BCUT2D eigenvalue weighted by Gasteiger charge is -2.22. The molecule has 1 aromatic heterocycles. The zero-order valence-electron chi connectivity index (χ0n) is 14.8. The molecule has 5 heteroatoms. The van der Waals surface area contributed by atoms with Gasteiger partial charge in [-0.05, 0) is 57.5 Å². The van der Waals surface area contributed by atoms with Crippen molar-refractivity contribution in [1.29, 1.82) is 0 Å². The molecule has 5 nitrogen and oxygen atoms in total. The number of hydrogen-bond acceptors (Lipinski definition) is 3. The van der Waals surface area contributed by atoms with Crippen LogP contribution in [0.25, 0.3) is 0 Å². The molecular formula is C19H25N3O2. The molecule has 0 aliphatic heterocycles. The number of anilines is 2. The van der Waals surface area contributed by atoms with E-state index in [-0.39, 0.29) is 18.0 Å². The molecule has 0 spiro atoms. The van der Waals surface area contributed by atoms with Crippen molar-refractivity contribution in [1.82, 2.24) is 4.57 Å². The Labute approximate surface area is 142 Å². The van der Waals surface area contributed by atoms with Crippen LogP contribution in [0, 0.1) is 13.8 Å². The number of hydrogen-bond donors (Lipinski definition) is 1. The summed E-state index contributed by atoms with van der Waals surface area (Å²) in [6.07, 6.45) is 1.63. The first-order valence-corrected chi connectivity index (χ1v) is 8.27. The molecule has 0 atom stereocenters. The van der Waals surface area contributed by atoms with Crippen LogP contribution in [-0.4, -0.2) is 23.6 Å². The summed E-state index contributed by atoms with van der Waals surface area (Å²) in [6.45, 7) is 9.85. The van der Waals surface area contributed by atoms with E-state index in [1.54, 1.807) is 25.3 Å². The minimum absolute atomic E-state index is 0.0117. The quantitative estimate of drug-likeness (QED) is 0.887. The number of aromatic nitrogens is 1. The van der Waals surface area contributed by atoms with Crippen LogP contribution in [0.4, 0.5) is 11.4 Å². The van der Waals surface area contributed by atoms with Gasteiger partial charge in [0.05, 0.1) is 0 Å². The second-order valence-corrected chi connectivity index (χ2v) is 5.84. The minimum Gasteiger partial charge on any atom is -0.372 e. The first kappa shape index (κ1) is 17.8. The maximum atomic E-state index is 12.2. The van der Waals surface area contributed by atoms with E-state index in [0.29, 0.717) is 5.56 Å². The number of pyridine rings is 1. The van der Waals surface area contributed by atoms with Crippen molar-refractivity contribution >= 4 is 17.3 Å². The lowest BCUT2D eigenvalue weighted by Crippen LogP contribution is -2.28. The number of carbonyl (C=O) groups excluding carboxylic acids is 1. The van der Waals surface area contributed by atoms with E-state index in [1.165, 1.54) is 4.57 Å². The van der Waals surface area contributed by atoms with E-state index in [4.69, 9.17) is 0 Å². The van der Waals surface area contributed by atoms with Crippen molar-refractivity contribution in [2.75, 3.05) is 23.3 Å². The normalized spacial score (nSPS) is 10.5. The predicted molar refractivity (Wildman–Crippen MR) is 98.8 cm³/mol. The molecule has 0 aliphatic rings. The summed E-state index contributed by atoms with van der Waals surface area (Å²) in [5, 5.41) is 2.89. The molecule has 2 rings (SSSR count). The highest BCUT2D eigenvalue weighted by atomic mass is 16.2. The number of nitrogens with zero attached hydrogens (tertiary/aromatic N) is 2. The fourth-order valence-electron chi connectivity index (χ4n) is 2.70. The monoisotopic (exact) mass is 327 g/mol. The van der Waals surface area contributed by atoms with Crippen LogP contribution in [-0.2, 0) is 11.3 Å². The molecule has 0 unspecified atom stereocenters. The lowest BCUT2D eigenvalue weighted by atomic mass is 10.1. The number of nitrogens with one attached hydrogen (secondary N) is 1. The highest BCUT2D eigenvalue weighted by molar-refractivity contribution is 5.91. The molecule has 1 amide bonds. The Bertz CT molecular complexity index is 776. The van der Waals surface area contributed by atoms with Crippen molar-refractivity contribution in [2.24, 2.45) is 0 Å². The van der Waals surface area contributed by atoms with Gasteiger partial charge in [0, 0.05) is 36.2 Å². The van der Waals surface area contributed by atoms with Crippen LogP contribution in [0.2, 0.25) is 0 Å². The summed E-state index contributed by atoms with van der Waals surface area (Å²) < 4.78 is 1.42. The molecule has 1 N–H and O–H groups in total. The molecule has 0 saturated carbocycles. The highest BCUT2D eigenvalue weighted by Crippen LogP contribution is 2.22. The average molecular weight is 327 g/mol. The maximum absolute atomic E-state index is 12.2. The van der Waals surface area contributed by atoms with Gasteiger partial charge in [-0.1, -0.05) is 6.07 Å². The molecule has 0 radical (unpaired) electrons. The Morgan fingerprint density at radius 3 is 2.46 bits per heavy atom. The number of amides is 1. The molecular weight excluding hydrogens is 302 g/mol. The third-order valence-corrected chi connectivity index (χ3v) is 4.14. The Balaban J connectivity index is 2.12. The van der Waals surface area contributed by atoms with Gasteiger partial charge in [-0.3, -0.25) is 9.59 Å². The molecule has 0 saturated heterocycles. The van der Waals surface area contributed by atoms with E-state index in [2.05, 4.69) is 30.1 Å². The van der Waals surface area contributed by atoms with Gasteiger partial charge < -0.3 is 14.8 Å². The van der Waals surface area contributed by atoms with Crippen LogP contribution in [0.15, 0.2) is 41.3 Å². The first-order valence-electron chi connectivity index (χ1n) is 8.27. The second-order valence-electron chi connectivity index (χ2n) is 5.84. The lowest BCUT2D eigenvalue weighted by molar-refractivity contribution is -0.116. The van der Waals surface area contributed by atoms with Crippen LogP contribution in [0.3, 0.4) is 0 Å². The average Bonchev–Trinajstić information content (AvgIpc) is 2.55. The van der Waals surface area contributed by atoms with Crippen LogP contribution in [0.1, 0.15) is 25.0 Å². The smallest absolute Gasteiger partial charge is 0.253 e. The summed E-state index contributed by atoms with van der Waals surface area (Å²) in [5.41, 5.74) is 3.41. The topological polar surface area (TPSA) is 54.3 Å². The van der Waals surface area contributed by atoms with Crippen molar-refractivity contribution in [3.05, 3.63) is 58.0 Å². The fourth-order valence-corrected chi connectivity index (χ4v) is 2.70. The van der Waals surface area contributed by atoms with Crippen LogP contribution < -0.4 is 15.8 Å². The van der Waals surface area contributed by atoms with Gasteiger partial charge in [-0.15, -0.1) is 0 Å². The molecule has 1 heterocycles. The SMILES string of the molecule is CCN(CC)c1ccc(NC(=O)Cn2cccc(C)c2=O)c(C)c1. The minimum atomic E-state index is -0.207. The largest absolute Gasteiger partial charge is 0.372 e. The summed E-state index contributed by atoms with van der Waals surface area (Å²) in [5.74, 6) is -0.207. The van der Waals surface area contributed by atoms with Crippen molar-refractivity contribution in [3.63, 3.8) is 0 Å². The molecule has 0 bridgehead atoms. The Morgan fingerprint density at radius 1 is 1.12 bits per heavy atom. The molecule has 24 heavy (non-hydrogen) atoms. The van der Waals surface area contributed by atoms with Gasteiger partial charge in [-0.2, -0.15) is 0 Å². The van der Waals surface area contributed by atoms with E-state index in [0.717, 1.165) is 30.0 Å². The van der Waals surface area contributed by atoms with Gasteiger partial charge in [0.2, 0.25) is 5.91 Å². The van der Waals surface area contributed by atoms with Gasteiger partial charge in [0.1, 0.15) is 6.54 Å². The summed E-state index contributed by atoms with van der Waals surface area (Å²) in [7, 11) is 0. The van der Waals surface area contributed by atoms with Crippen molar-refractivity contribution in [2.45, 2.75) is 34.2 Å². The number of rotatable bonds is 6. The Kier molecular flexibility index (Phi) is 5.79. The molecule has 0 fully saturated rings. The van der Waals surface area contributed by atoms with Gasteiger partial charge in [0.15, 0.2) is 0 Å². The zero-order chi connectivity index (χ0) is 17.7. The van der Waals surface area contributed by atoms with Crippen LogP contribution in [0.5, 0.6) is 0 Å². The number of benzene rings is 1. The number of aryl methyl sites for hydroxylation is 2. The van der Waals surface area contributed by atoms with E-state index in [1.807, 2.05) is 19.1 Å². The number of carbonyl (C=O) groups is 1. The zero-order valence-corrected chi connectivity index (χ0v) is 14.8. The van der Waals surface area contributed by atoms with Crippen LogP contribution >= 0.6 is 0 Å². The third kappa shape index (κ3) is 4.04. The van der Waals surface area contributed by atoms with Gasteiger partial charge >= 0.3 is 0 Å².